The van der Waals surface area contributed by atoms with Crippen molar-refractivity contribution in [2.24, 2.45) is 5.73 Å². The second-order valence-corrected chi connectivity index (χ2v) is 5.44. The third-order valence-electron chi connectivity index (χ3n) is 3.84. The Morgan fingerprint density at radius 1 is 1.33 bits per heavy atom. The molecule has 0 spiro atoms. The van der Waals surface area contributed by atoms with Gasteiger partial charge in [0.05, 0.1) is 11.2 Å². The number of hydrogen-bond acceptors (Lipinski definition) is 3. The minimum Gasteiger partial charge on any atom is -0.327 e. The van der Waals surface area contributed by atoms with E-state index in [4.69, 9.17) is 5.73 Å². The average molecular weight is 244 g/mol. The summed E-state index contributed by atoms with van der Waals surface area (Å²) in [6.45, 7) is 4.17. The van der Waals surface area contributed by atoms with Crippen LogP contribution in [0.1, 0.15) is 23.6 Å². The zero-order valence-electron chi connectivity index (χ0n) is 11.0. The number of pyridine rings is 1. The van der Waals surface area contributed by atoms with Crippen molar-refractivity contribution >= 4 is 5.52 Å². The van der Waals surface area contributed by atoms with Crippen molar-refractivity contribution < 1.29 is 0 Å². The standard InChI is InChI=1S/C14H20N4/c1-10-14(11-7-12(15)9-17(2)8-11)13-5-3-4-6-18(13)16-10/h3-6,11-12H,7-9,15H2,1-2H3. The predicted octanol–water partition coefficient (Wildman–Crippen LogP) is 1.39. The fraction of sp³-hybridized carbons (Fsp3) is 0.500. The van der Waals surface area contributed by atoms with Crippen molar-refractivity contribution in [1.29, 1.82) is 0 Å². The van der Waals surface area contributed by atoms with Gasteiger partial charge < -0.3 is 10.6 Å². The Labute approximate surface area is 107 Å². The number of rotatable bonds is 1. The second-order valence-electron chi connectivity index (χ2n) is 5.44. The van der Waals surface area contributed by atoms with Crippen LogP contribution in [0.3, 0.4) is 0 Å². The summed E-state index contributed by atoms with van der Waals surface area (Å²) in [4.78, 5) is 2.32. The Morgan fingerprint density at radius 2 is 2.17 bits per heavy atom. The Hall–Kier alpha value is -1.39. The summed E-state index contributed by atoms with van der Waals surface area (Å²) in [6.07, 6.45) is 3.07. The molecule has 0 amide bonds. The van der Waals surface area contributed by atoms with Gasteiger partial charge in [-0.3, -0.25) is 0 Å². The van der Waals surface area contributed by atoms with Crippen molar-refractivity contribution in [1.82, 2.24) is 14.5 Å². The summed E-state index contributed by atoms with van der Waals surface area (Å²) in [5.41, 5.74) is 9.88. The maximum Gasteiger partial charge on any atom is 0.0699 e. The summed E-state index contributed by atoms with van der Waals surface area (Å²) in [7, 11) is 2.15. The second kappa shape index (κ2) is 4.37. The van der Waals surface area contributed by atoms with Gasteiger partial charge in [-0.2, -0.15) is 5.10 Å². The van der Waals surface area contributed by atoms with Gasteiger partial charge in [-0.15, -0.1) is 0 Å². The Balaban J connectivity index is 2.05. The van der Waals surface area contributed by atoms with E-state index in [2.05, 4.69) is 36.1 Å². The predicted molar refractivity (Wildman–Crippen MR) is 72.8 cm³/mol. The zero-order chi connectivity index (χ0) is 12.7. The lowest BCUT2D eigenvalue weighted by atomic mass is 9.88. The number of piperidine rings is 1. The van der Waals surface area contributed by atoms with Gasteiger partial charge in [0.2, 0.25) is 0 Å². The molecule has 96 valence electrons. The maximum absolute atomic E-state index is 6.15. The molecule has 3 heterocycles. The molecule has 1 aliphatic heterocycles. The molecule has 2 aromatic rings. The van der Waals surface area contributed by atoms with E-state index in [1.165, 1.54) is 11.1 Å². The van der Waals surface area contributed by atoms with Crippen molar-refractivity contribution in [2.45, 2.75) is 25.3 Å². The van der Waals surface area contributed by atoms with Crippen molar-refractivity contribution in [3.8, 4) is 0 Å². The van der Waals surface area contributed by atoms with E-state index in [1.54, 1.807) is 0 Å². The number of nitrogens with zero attached hydrogens (tertiary/aromatic N) is 3. The molecule has 2 aromatic heterocycles. The molecule has 4 heteroatoms. The fourth-order valence-corrected chi connectivity index (χ4v) is 3.22. The monoisotopic (exact) mass is 244 g/mol. The van der Waals surface area contributed by atoms with Crippen molar-refractivity contribution in [3.05, 3.63) is 35.7 Å². The molecule has 0 bridgehead atoms. The number of aromatic nitrogens is 2. The molecule has 4 nitrogen and oxygen atoms in total. The van der Waals surface area contributed by atoms with Crippen LogP contribution in [0.4, 0.5) is 0 Å². The van der Waals surface area contributed by atoms with Gasteiger partial charge in [0.1, 0.15) is 0 Å². The van der Waals surface area contributed by atoms with Crippen LogP contribution in [0.25, 0.3) is 5.52 Å². The van der Waals surface area contributed by atoms with Crippen LogP contribution in [-0.4, -0.2) is 40.7 Å². The Morgan fingerprint density at radius 3 is 2.94 bits per heavy atom. The third-order valence-corrected chi connectivity index (χ3v) is 3.84. The first-order chi connectivity index (χ1) is 8.65. The van der Waals surface area contributed by atoms with Crippen LogP contribution < -0.4 is 5.73 Å². The SMILES string of the molecule is Cc1nn2ccccc2c1C1CC(N)CN(C)C1. The highest BCUT2D eigenvalue weighted by Gasteiger charge is 2.27. The van der Waals surface area contributed by atoms with Crippen LogP contribution in [0.2, 0.25) is 0 Å². The Kier molecular flexibility index (Phi) is 2.84. The summed E-state index contributed by atoms with van der Waals surface area (Å²) >= 11 is 0. The van der Waals surface area contributed by atoms with Gasteiger partial charge in [-0.1, -0.05) is 6.07 Å². The molecule has 2 N–H and O–H groups in total. The molecule has 1 saturated heterocycles. The smallest absolute Gasteiger partial charge is 0.0699 e. The molecule has 0 saturated carbocycles. The van der Waals surface area contributed by atoms with Crippen molar-refractivity contribution in [3.63, 3.8) is 0 Å². The van der Waals surface area contributed by atoms with Crippen LogP contribution in [0, 0.1) is 6.92 Å². The first-order valence-electron chi connectivity index (χ1n) is 6.53. The van der Waals surface area contributed by atoms with E-state index in [1.807, 2.05) is 16.8 Å². The number of hydrogen-bond donors (Lipinski definition) is 1. The van der Waals surface area contributed by atoms with E-state index in [-0.39, 0.29) is 6.04 Å². The minimum atomic E-state index is 0.270. The quantitative estimate of drug-likeness (QED) is 0.824. The number of likely N-dealkylation sites (N-methyl/N-ethyl adjacent to an activating group) is 1. The van der Waals surface area contributed by atoms with Crippen LogP contribution in [0.15, 0.2) is 24.4 Å². The normalized spacial score (nSPS) is 25.7. The highest BCUT2D eigenvalue weighted by Crippen LogP contribution is 2.31. The Bertz CT molecular complexity index is 550. The minimum absolute atomic E-state index is 0.270. The first kappa shape index (κ1) is 11.7. The van der Waals surface area contributed by atoms with Gasteiger partial charge in [0, 0.05) is 36.8 Å². The highest BCUT2D eigenvalue weighted by molar-refractivity contribution is 5.58. The van der Waals surface area contributed by atoms with E-state index < -0.39 is 0 Å². The number of nitrogens with two attached hydrogens (primary N) is 1. The van der Waals surface area contributed by atoms with Crippen molar-refractivity contribution in [2.75, 3.05) is 20.1 Å². The molecule has 1 fully saturated rings. The van der Waals surface area contributed by atoms with Gasteiger partial charge in [-0.25, -0.2) is 4.52 Å². The maximum atomic E-state index is 6.15. The van der Waals surface area contributed by atoms with E-state index >= 15 is 0 Å². The van der Waals surface area contributed by atoms with Gasteiger partial charge in [-0.05, 0) is 32.5 Å². The van der Waals surface area contributed by atoms with E-state index in [0.29, 0.717) is 5.92 Å². The van der Waals surface area contributed by atoms with E-state index in [0.717, 1.165) is 25.2 Å². The number of likely N-dealkylation sites (tertiary alicyclic amines) is 1. The molecule has 0 radical (unpaired) electrons. The van der Waals surface area contributed by atoms with Crippen LogP contribution in [-0.2, 0) is 0 Å². The van der Waals surface area contributed by atoms with Crippen LogP contribution >= 0.6 is 0 Å². The largest absolute Gasteiger partial charge is 0.327 e. The van der Waals surface area contributed by atoms with Gasteiger partial charge in [0.25, 0.3) is 0 Å². The molecule has 2 atom stereocenters. The number of aryl methyl sites for hydroxylation is 1. The topological polar surface area (TPSA) is 46.6 Å². The highest BCUT2D eigenvalue weighted by atomic mass is 15.2. The third kappa shape index (κ3) is 1.91. The summed E-state index contributed by atoms with van der Waals surface area (Å²) in [6, 6.07) is 6.51. The lowest BCUT2D eigenvalue weighted by Gasteiger charge is -2.34. The molecule has 18 heavy (non-hydrogen) atoms. The molecule has 0 aromatic carbocycles. The lowest BCUT2D eigenvalue weighted by molar-refractivity contribution is 0.227. The van der Waals surface area contributed by atoms with Crippen LogP contribution in [0.5, 0.6) is 0 Å². The zero-order valence-corrected chi connectivity index (χ0v) is 11.0. The lowest BCUT2D eigenvalue weighted by Crippen LogP contribution is -2.44. The fourth-order valence-electron chi connectivity index (χ4n) is 3.22. The summed E-state index contributed by atoms with van der Waals surface area (Å²) in [5.74, 6) is 0.499. The summed E-state index contributed by atoms with van der Waals surface area (Å²) in [5, 5.41) is 4.60. The molecule has 0 aliphatic carbocycles. The molecular weight excluding hydrogens is 224 g/mol. The first-order valence-corrected chi connectivity index (χ1v) is 6.53. The molecule has 2 unspecified atom stereocenters. The summed E-state index contributed by atoms with van der Waals surface area (Å²) < 4.78 is 1.98. The average Bonchev–Trinajstić information content (AvgIpc) is 2.63. The molecule has 3 rings (SSSR count). The van der Waals surface area contributed by atoms with Gasteiger partial charge >= 0.3 is 0 Å². The van der Waals surface area contributed by atoms with E-state index in [9.17, 15) is 0 Å². The molecule has 1 aliphatic rings. The molecular formula is C14H20N4. The number of fused-ring (bicyclic) bond motifs is 1. The van der Waals surface area contributed by atoms with Gasteiger partial charge in [0.15, 0.2) is 0 Å².